The Kier molecular flexibility index (Phi) is 7.20. The molecule has 1 saturated heterocycles. The van der Waals surface area contributed by atoms with Crippen molar-refractivity contribution in [3.05, 3.63) is 53.1 Å². The van der Waals surface area contributed by atoms with Gasteiger partial charge in [-0.3, -0.25) is 13.9 Å². The highest BCUT2D eigenvalue weighted by atomic mass is 31.2. The number of anilines is 1. The first-order valence-electron chi connectivity index (χ1n) is 9.80. The summed E-state index contributed by atoms with van der Waals surface area (Å²) in [6.07, 6.45) is -3.59. The third-order valence-corrected chi connectivity index (χ3v) is 6.56. The molecule has 1 fully saturated rings. The van der Waals surface area contributed by atoms with Crippen molar-refractivity contribution in [1.82, 2.24) is 14.6 Å². The lowest BCUT2D eigenvalue weighted by Gasteiger charge is -2.25. The van der Waals surface area contributed by atoms with E-state index >= 15 is 4.39 Å². The van der Waals surface area contributed by atoms with Crippen LogP contribution in [0, 0.1) is 0 Å². The number of nitrogens with two attached hydrogens (primary N) is 1. The van der Waals surface area contributed by atoms with Gasteiger partial charge in [-0.1, -0.05) is 18.2 Å². The molecule has 6 atom stereocenters. The fourth-order valence-corrected chi connectivity index (χ4v) is 4.64. The third kappa shape index (κ3) is 5.57. The molecule has 2 aromatic rings. The number of halogens is 1. The minimum atomic E-state index is -4.32. The number of alkyl halides is 1. The van der Waals surface area contributed by atoms with E-state index in [0.29, 0.717) is 0 Å². The predicted molar refractivity (Wildman–Crippen MR) is 113 cm³/mol. The molecule has 5 N–H and O–H groups in total. The largest absolute Gasteiger partial charge is 0.480 e. The normalized spacial score (nSPS) is 27.6. The first-order valence-corrected chi connectivity index (χ1v) is 11.3. The van der Waals surface area contributed by atoms with Crippen LogP contribution < -0.4 is 21.0 Å². The van der Waals surface area contributed by atoms with Crippen molar-refractivity contribution in [3.63, 3.8) is 0 Å². The number of nitrogen functional groups attached to an aromatic ring is 1. The van der Waals surface area contributed by atoms with Gasteiger partial charge < -0.3 is 25.2 Å². The Labute approximate surface area is 187 Å². The van der Waals surface area contributed by atoms with Crippen LogP contribution in [0.3, 0.4) is 0 Å². The maximum atomic E-state index is 15.3. The Balaban J connectivity index is 1.80. The molecule has 14 heteroatoms. The third-order valence-electron chi connectivity index (χ3n) is 4.92. The van der Waals surface area contributed by atoms with E-state index < -0.39 is 56.2 Å². The van der Waals surface area contributed by atoms with Gasteiger partial charge in [0.25, 0.3) is 0 Å². The molecule has 0 bridgehead atoms. The molecule has 12 nitrogen and oxygen atoms in total. The highest BCUT2D eigenvalue weighted by molar-refractivity contribution is 7.52. The van der Waals surface area contributed by atoms with Crippen LogP contribution in [0.25, 0.3) is 0 Å². The number of rotatable bonds is 9. The van der Waals surface area contributed by atoms with E-state index in [9.17, 15) is 19.3 Å². The van der Waals surface area contributed by atoms with Crippen LogP contribution in [0.4, 0.5) is 10.2 Å². The van der Waals surface area contributed by atoms with E-state index in [1.807, 2.05) is 0 Å². The molecule has 0 amide bonds. The smallest absolute Gasteiger partial charge is 0.459 e. The van der Waals surface area contributed by atoms with Crippen LogP contribution in [0.5, 0.6) is 5.75 Å². The quantitative estimate of drug-likeness (QED) is 0.373. The lowest BCUT2D eigenvalue weighted by atomic mass is 9.98. The molecule has 1 aliphatic heterocycles. The van der Waals surface area contributed by atoms with E-state index in [4.69, 9.17) is 24.6 Å². The zero-order chi connectivity index (χ0) is 24.4. The molecular formula is C19H24FN4O8P. The minimum absolute atomic E-state index is 0.0761. The summed E-state index contributed by atoms with van der Waals surface area (Å²) in [4.78, 5) is 26.9. The Morgan fingerprint density at radius 2 is 2.09 bits per heavy atom. The van der Waals surface area contributed by atoms with Gasteiger partial charge in [0.1, 0.15) is 29.8 Å². The summed E-state index contributed by atoms with van der Waals surface area (Å²) >= 11 is 0. The van der Waals surface area contributed by atoms with Gasteiger partial charge in [-0.15, -0.1) is 0 Å². The number of carbonyl (C=O) groups is 1. The van der Waals surface area contributed by atoms with Crippen LogP contribution in [0.15, 0.2) is 47.4 Å². The van der Waals surface area contributed by atoms with Gasteiger partial charge in [0, 0.05) is 6.20 Å². The predicted octanol–water partition coefficient (Wildman–Crippen LogP) is 1.08. The zero-order valence-electron chi connectivity index (χ0n) is 17.7. The molecule has 0 aliphatic carbocycles. The van der Waals surface area contributed by atoms with Crippen molar-refractivity contribution < 1.29 is 37.7 Å². The van der Waals surface area contributed by atoms with Gasteiger partial charge in [0.2, 0.25) is 0 Å². The van der Waals surface area contributed by atoms with E-state index in [1.165, 1.54) is 31.3 Å². The van der Waals surface area contributed by atoms with Gasteiger partial charge in [-0.25, -0.2) is 13.8 Å². The Bertz CT molecular complexity index is 1100. The number of aliphatic hydroxyl groups is 1. The second-order valence-electron chi connectivity index (χ2n) is 7.55. The highest BCUT2D eigenvalue weighted by Gasteiger charge is 2.56. The molecule has 3 rings (SSSR count). The van der Waals surface area contributed by atoms with Crippen molar-refractivity contribution in [3.8, 4) is 5.75 Å². The Morgan fingerprint density at radius 3 is 2.70 bits per heavy atom. The number of aliphatic carboxylic acids is 1. The number of nitrogens with zero attached hydrogens (tertiary/aromatic N) is 2. The van der Waals surface area contributed by atoms with Crippen LogP contribution in [0.1, 0.15) is 20.1 Å². The summed E-state index contributed by atoms with van der Waals surface area (Å²) in [5.74, 6) is -1.28. The number of hydrogen-bond acceptors (Lipinski definition) is 9. The summed E-state index contributed by atoms with van der Waals surface area (Å²) < 4.78 is 45.6. The molecule has 1 unspecified atom stereocenters. The number of ether oxygens (including phenoxy) is 1. The molecule has 33 heavy (non-hydrogen) atoms. The topological polar surface area (TPSA) is 175 Å². The van der Waals surface area contributed by atoms with Gasteiger partial charge >= 0.3 is 19.4 Å². The molecule has 1 aromatic carbocycles. The number of carboxylic acids is 1. The molecule has 2 heterocycles. The van der Waals surface area contributed by atoms with Crippen LogP contribution in [-0.2, 0) is 18.6 Å². The number of nitrogens with one attached hydrogen (secondary N) is 1. The Hall–Kier alpha value is -2.83. The average molecular weight is 486 g/mol. The monoisotopic (exact) mass is 486 g/mol. The molecule has 0 radical (unpaired) electrons. The van der Waals surface area contributed by atoms with Gasteiger partial charge in [-0.2, -0.15) is 10.1 Å². The van der Waals surface area contributed by atoms with Crippen LogP contribution >= 0.6 is 7.75 Å². The second-order valence-corrected chi connectivity index (χ2v) is 9.25. The van der Waals surface area contributed by atoms with Crippen molar-refractivity contribution in [2.45, 2.75) is 44.0 Å². The zero-order valence-corrected chi connectivity index (χ0v) is 18.6. The van der Waals surface area contributed by atoms with Gasteiger partial charge in [0.15, 0.2) is 11.9 Å². The van der Waals surface area contributed by atoms with E-state index in [2.05, 4.69) is 10.1 Å². The van der Waals surface area contributed by atoms with Gasteiger partial charge in [-0.05, 0) is 32.0 Å². The fraction of sp³-hybridized carbons (Fsp3) is 0.421. The lowest BCUT2D eigenvalue weighted by Crippen LogP contribution is -2.43. The SMILES string of the molecule is C[C@H](NP(=O)(OC[C@H]1O[C@@H](n2ccc(N)nc2=O)[C@](C)(F)[C@@H]1O)Oc1ccccc1)C(=O)O. The molecule has 0 spiro atoms. The number of aromatic nitrogens is 2. The van der Waals surface area contributed by atoms with E-state index in [-0.39, 0.29) is 11.6 Å². The van der Waals surface area contributed by atoms with E-state index in [0.717, 1.165) is 11.5 Å². The Morgan fingerprint density at radius 1 is 1.42 bits per heavy atom. The molecule has 1 aromatic heterocycles. The summed E-state index contributed by atoms with van der Waals surface area (Å²) in [6.45, 7) is 1.59. The first-order chi connectivity index (χ1) is 15.4. The average Bonchev–Trinajstić information content (AvgIpc) is 2.96. The van der Waals surface area contributed by atoms with Crippen molar-refractivity contribution in [2.75, 3.05) is 12.3 Å². The number of benzene rings is 1. The number of hydrogen-bond donors (Lipinski definition) is 4. The maximum absolute atomic E-state index is 15.3. The second kappa shape index (κ2) is 9.57. The molecule has 0 saturated carbocycles. The molecule has 180 valence electrons. The van der Waals surface area contributed by atoms with Crippen LogP contribution in [-0.4, -0.2) is 56.3 Å². The van der Waals surface area contributed by atoms with Crippen molar-refractivity contribution >= 4 is 19.5 Å². The number of aliphatic hydroxyl groups excluding tert-OH is 1. The summed E-state index contributed by atoms with van der Waals surface area (Å²) in [7, 11) is -4.32. The fourth-order valence-electron chi connectivity index (χ4n) is 3.13. The summed E-state index contributed by atoms with van der Waals surface area (Å²) in [5.41, 5.74) is 2.09. The standard InChI is InChI=1S/C19H24FN4O8P/c1-11(16(26)27)23-33(29,32-12-6-4-3-5-7-12)30-10-13-15(25)19(2,20)17(31-13)24-9-8-14(21)22-18(24)28/h3-9,11,13,15,17,25H,10H2,1-2H3,(H,23,29)(H,26,27)(H2,21,22,28)/t11-,13+,15+,17+,19+,33?/m0/s1. The van der Waals surface area contributed by atoms with Crippen molar-refractivity contribution in [1.29, 1.82) is 0 Å². The van der Waals surface area contributed by atoms with E-state index in [1.54, 1.807) is 18.2 Å². The summed E-state index contributed by atoms with van der Waals surface area (Å²) in [5, 5.41) is 21.9. The highest BCUT2D eigenvalue weighted by Crippen LogP contribution is 2.47. The van der Waals surface area contributed by atoms with Crippen LogP contribution in [0.2, 0.25) is 0 Å². The lowest BCUT2D eigenvalue weighted by molar-refractivity contribution is -0.138. The van der Waals surface area contributed by atoms with Gasteiger partial charge in [0.05, 0.1) is 6.61 Å². The number of carboxylic acid groups (broad SMARTS) is 1. The number of para-hydroxylation sites is 1. The molecule has 1 aliphatic rings. The molecular weight excluding hydrogens is 462 g/mol. The minimum Gasteiger partial charge on any atom is -0.480 e. The van der Waals surface area contributed by atoms with Crippen molar-refractivity contribution in [2.24, 2.45) is 0 Å². The maximum Gasteiger partial charge on any atom is 0.459 e. The summed E-state index contributed by atoms with van der Waals surface area (Å²) in [6, 6.07) is 7.76. The first kappa shape index (κ1) is 24.8.